The summed E-state index contributed by atoms with van der Waals surface area (Å²) in [6.45, 7) is 2.63. The lowest BCUT2D eigenvalue weighted by Gasteiger charge is -2.26. The number of nitrogens with one attached hydrogen (secondary N) is 1. The van der Waals surface area contributed by atoms with Crippen LogP contribution in [0.25, 0.3) is 10.2 Å². The number of aromatic nitrogens is 2. The molecule has 202 valence electrons. The average molecular weight is 546 g/mol. The third kappa shape index (κ3) is 6.68. The summed E-state index contributed by atoms with van der Waals surface area (Å²) in [7, 11) is 3.95. The second kappa shape index (κ2) is 12.5. The molecule has 2 aromatic carbocycles. The van der Waals surface area contributed by atoms with Gasteiger partial charge in [0.25, 0.3) is 0 Å². The van der Waals surface area contributed by atoms with Gasteiger partial charge < -0.3 is 19.9 Å². The lowest BCUT2D eigenvalue weighted by atomic mass is 10.0. The molecule has 0 bridgehead atoms. The van der Waals surface area contributed by atoms with Crippen LogP contribution in [0, 0.1) is 5.82 Å². The molecule has 0 saturated carbocycles. The van der Waals surface area contributed by atoms with Gasteiger partial charge in [-0.3, -0.25) is 4.79 Å². The summed E-state index contributed by atoms with van der Waals surface area (Å²) in [5, 5.41) is 4.62. The number of fused-ring (bicyclic) bond motifs is 3. The summed E-state index contributed by atoms with van der Waals surface area (Å²) in [4.78, 5) is 27.9. The number of benzene rings is 2. The molecule has 9 heteroatoms. The third-order valence-corrected chi connectivity index (χ3v) is 7.76. The van der Waals surface area contributed by atoms with Gasteiger partial charge in [-0.2, -0.15) is 0 Å². The van der Waals surface area contributed by atoms with E-state index in [1.165, 1.54) is 17.7 Å². The second-order valence-corrected chi connectivity index (χ2v) is 10.9. The van der Waals surface area contributed by atoms with Crippen molar-refractivity contribution in [2.24, 2.45) is 0 Å². The molecule has 7 nitrogen and oxygen atoms in total. The highest BCUT2D eigenvalue weighted by molar-refractivity contribution is 7.19. The highest BCUT2D eigenvalue weighted by atomic mass is 32.1. The predicted octanol–water partition coefficient (Wildman–Crippen LogP) is 5.20. The summed E-state index contributed by atoms with van der Waals surface area (Å²) < 4.78 is 19.6. The molecular formula is C30H32FN5O2S. The smallest absolute Gasteiger partial charge is 0.246 e. The number of halogens is 1. The largest absolute Gasteiger partial charge is 0.374 e. The van der Waals surface area contributed by atoms with Gasteiger partial charge in [0.05, 0.1) is 31.2 Å². The normalized spacial score (nSPS) is 14.2. The van der Waals surface area contributed by atoms with Crippen molar-refractivity contribution in [3.63, 3.8) is 0 Å². The third-order valence-electron chi connectivity index (χ3n) is 6.63. The first kappa shape index (κ1) is 26.9. The number of hydrogen-bond donors (Lipinski definition) is 1. The molecule has 2 aromatic heterocycles. The number of carbonyl (C=O) groups excluding carboxylic acids is 1. The van der Waals surface area contributed by atoms with Crippen molar-refractivity contribution in [1.29, 1.82) is 0 Å². The van der Waals surface area contributed by atoms with Gasteiger partial charge in [-0.05, 0) is 49.3 Å². The maximum atomic E-state index is 13.6. The van der Waals surface area contributed by atoms with Crippen LogP contribution in [0.15, 0.2) is 73.1 Å². The number of rotatable bonds is 10. The van der Waals surface area contributed by atoms with E-state index in [2.05, 4.69) is 27.4 Å². The van der Waals surface area contributed by atoms with E-state index in [-0.39, 0.29) is 17.8 Å². The van der Waals surface area contributed by atoms with Crippen LogP contribution in [0.3, 0.4) is 0 Å². The number of carbonyl (C=O) groups is 1. The van der Waals surface area contributed by atoms with Crippen molar-refractivity contribution in [2.75, 3.05) is 39.1 Å². The van der Waals surface area contributed by atoms with Crippen LogP contribution in [0.2, 0.25) is 0 Å². The first-order valence-electron chi connectivity index (χ1n) is 13.0. The lowest BCUT2D eigenvalue weighted by Crippen LogP contribution is -2.34. The molecule has 3 heterocycles. The quantitative estimate of drug-likeness (QED) is 0.276. The minimum atomic E-state index is -0.274. The first-order chi connectivity index (χ1) is 19.0. The fraction of sp³-hybridized carbons (Fsp3) is 0.300. The zero-order valence-electron chi connectivity index (χ0n) is 22.1. The molecule has 39 heavy (non-hydrogen) atoms. The average Bonchev–Trinajstić information content (AvgIpc) is 3.31. The molecule has 1 N–H and O–H groups in total. The van der Waals surface area contributed by atoms with Gasteiger partial charge in [-0.1, -0.05) is 48.5 Å². The van der Waals surface area contributed by atoms with E-state index in [0.29, 0.717) is 26.3 Å². The van der Waals surface area contributed by atoms with Gasteiger partial charge >= 0.3 is 0 Å². The van der Waals surface area contributed by atoms with Crippen molar-refractivity contribution in [2.45, 2.75) is 25.6 Å². The van der Waals surface area contributed by atoms with Gasteiger partial charge in [-0.15, -0.1) is 11.3 Å². The molecule has 0 saturated heterocycles. The molecule has 0 aliphatic carbocycles. The molecule has 5 rings (SSSR count). The Kier molecular flexibility index (Phi) is 8.61. The van der Waals surface area contributed by atoms with E-state index in [4.69, 9.17) is 4.74 Å². The predicted molar refractivity (Wildman–Crippen MR) is 153 cm³/mol. The second-order valence-electron chi connectivity index (χ2n) is 9.83. The number of nitrogens with zero attached hydrogens (tertiary/aromatic N) is 4. The van der Waals surface area contributed by atoms with E-state index >= 15 is 0 Å². The molecule has 0 fully saturated rings. The number of thiophene rings is 1. The fourth-order valence-corrected chi connectivity index (χ4v) is 5.89. The van der Waals surface area contributed by atoms with Gasteiger partial charge in [0.2, 0.25) is 5.91 Å². The van der Waals surface area contributed by atoms with E-state index in [1.807, 2.05) is 54.2 Å². The fourth-order valence-electron chi connectivity index (χ4n) is 4.69. The Bertz CT molecular complexity index is 1460. The van der Waals surface area contributed by atoms with E-state index < -0.39 is 0 Å². The molecular weight excluding hydrogens is 513 g/mol. The van der Waals surface area contributed by atoms with Crippen LogP contribution in [0.5, 0.6) is 0 Å². The van der Waals surface area contributed by atoms with Gasteiger partial charge in [0.1, 0.15) is 22.8 Å². The number of likely N-dealkylation sites (N-methyl/N-ethyl adjacent to an activating group) is 1. The molecule has 1 aliphatic rings. The maximum Gasteiger partial charge on any atom is 0.246 e. The molecule has 0 radical (unpaired) electrons. The Morgan fingerprint density at radius 3 is 2.85 bits per heavy atom. The lowest BCUT2D eigenvalue weighted by molar-refractivity contribution is -0.126. The number of amides is 1. The van der Waals surface area contributed by atoms with E-state index in [1.54, 1.807) is 29.8 Å². The van der Waals surface area contributed by atoms with E-state index in [9.17, 15) is 9.18 Å². The van der Waals surface area contributed by atoms with Crippen molar-refractivity contribution in [3.8, 4) is 0 Å². The van der Waals surface area contributed by atoms with Gasteiger partial charge in [0.15, 0.2) is 0 Å². The zero-order valence-corrected chi connectivity index (χ0v) is 23.0. The Morgan fingerprint density at radius 2 is 2.05 bits per heavy atom. The molecule has 4 aromatic rings. The zero-order chi connectivity index (χ0) is 27.2. The highest BCUT2D eigenvalue weighted by Crippen LogP contribution is 2.38. The summed E-state index contributed by atoms with van der Waals surface area (Å²) >= 11 is 1.62. The van der Waals surface area contributed by atoms with Crippen LogP contribution < -0.4 is 5.32 Å². The molecule has 0 spiro atoms. The Balaban J connectivity index is 1.35. The van der Waals surface area contributed by atoms with E-state index in [0.717, 1.165) is 45.0 Å². The van der Waals surface area contributed by atoms with Gasteiger partial charge in [0, 0.05) is 24.0 Å². The summed E-state index contributed by atoms with van der Waals surface area (Å²) in [6, 6.07) is 16.4. The summed E-state index contributed by atoms with van der Waals surface area (Å²) in [5.74, 6) is 0.514. The van der Waals surface area contributed by atoms with Crippen LogP contribution in [0.1, 0.15) is 27.6 Å². The Morgan fingerprint density at radius 1 is 1.21 bits per heavy atom. The molecule has 1 aliphatic heterocycles. The standard InChI is InChI=1S/C30H32FN5O2S/c1-35(2)14-7-12-27(37)36-15-13-24-26(17-36)39-30-28(24)29(32-20-33-30)34-25(22-9-4-3-5-10-22)19-38-18-21-8-6-11-23(31)16-21/h3-12,16,20,25H,13-15,17-19H2,1-2H3,(H,32,33,34)/b12-7+/t25-/m1/s1. The van der Waals surface area contributed by atoms with Crippen LogP contribution >= 0.6 is 11.3 Å². The first-order valence-corrected chi connectivity index (χ1v) is 13.8. The minimum absolute atomic E-state index is 0.0315. The number of ether oxygens (including phenoxy) is 1. The summed E-state index contributed by atoms with van der Waals surface area (Å²) in [5.41, 5.74) is 3.05. The SMILES string of the molecule is CN(C)C/C=C/C(=O)N1CCc2c(sc3ncnc(N[C@H](COCc4cccc(F)c4)c4ccccc4)c23)C1. The molecule has 0 unspecified atom stereocenters. The summed E-state index contributed by atoms with van der Waals surface area (Å²) in [6.07, 6.45) is 5.89. The number of hydrogen-bond acceptors (Lipinski definition) is 7. The van der Waals surface area contributed by atoms with Crippen molar-refractivity contribution >= 4 is 33.3 Å². The van der Waals surface area contributed by atoms with Crippen molar-refractivity contribution < 1.29 is 13.9 Å². The van der Waals surface area contributed by atoms with Crippen molar-refractivity contribution in [3.05, 3.63) is 100 Å². The maximum absolute atomic E-state index is 13.6. The van der Waals surface area contributed by atoms with Gasteiger partial charge in [-0.25, -0.2) is 14.4 Å². The number of anilines is 1. The Hall–Kier alpha value is -3.66. The monoisotopic (exact) mass is 545 g/mol. The highest BCUT2D eigenvalue weighted by Gasteiger charge is 2.26. The van der Waals surface area contributed by atoms with Crippen LogP contribution in [-0.2, 0) is 29.1 Å². The van der Waals surface area contributed by atoms with Crippen LogP contribution in [-0.4, -0.2) is 59.5 Å². The molecule has 1 amide bonds. The van der Waals surface area contributed by atoms with Crippen LogP contribution in [0.4, 0.5) is 10.2 Å². The molecule has 1 atom stereocenters. The van der Waals surface area contributed by atoms with Crippen molar-refractivity contribution in [1.82, 2.24) is 19.8 Å². The topological polar surface area (TPSA) is 70.6 Å². The Labute approximate surface area is 232 Å². The minimum Gasteiger partial charge on any atom is -0.374 e.